The molecule has 0 spiro atoms. The number of nitrogens with zero attached hydrogens (tertiary/aromatic N) is 3. The van der Waals surface area contributed by atoms with Crippen LogP contribution in [0.15, 0.2) is 29.2 Å². The molecular formula is C28H29N5O4S. The van der Waals surface area contributed by atoms with Crippen molar-refractivity contribution in [3.63, 3.8) is 0 Å². The lowest BCUT2D eigenvalue weighted by Gasteiger charge is -2.20. The Morgan fingerprint density at radius 2 is 1.92 bits per heavy atom. The summed E-state index contributed by atoms with van der Waals surface area (Å²) in [4.78, 5) is 46.0. The van der Waals surface area contributed by atoms with Crippen molar-refractivity contribution >= 4 is 44.9 Å². The van der Waals surface area contributed by atoms with E-state index >= 15 is 0 Å². The number of amides is 1. The molecule has 6 rings (SSSR count). The van der Waals surface area contributed by atoms with Crippen LogP contribution in [0.1, 0.15) is 81.3 Å². The van der Waals surface area contributed by atoms with Crippen molar-refractivity contribution < 1.29 is 14.3 Å². The topological polar surface area (TPSA) is 119 Å². The third-order valence-electron chi connectivity index (χ3n) is 7.80. The Bertz CT molecular complexity index is 1740. The average Bonchev–Trinajstić information content (AvgIpc) is 3.57. The number of hydrogen-bond donors (Lipinski definition) is 2. The van der Waals surface area contributed by atoms with Gasteiger partial charge in [0.25, 0.3) is 11.5 Å². The van der Waals surface area contributed by atoms with Gasteiger partial charge in [-0.2, -0.15) is 0 Å². The highest BCUT2D eigenvalue weighted by Gasteiger charge is 2.29. The number of aryl methyl sites for hydroxylation is 2. The fourth-order valence-electron chi connectivity index (χ4n) is 5.89. The highest BCUT2D eigenvalue weighted by atomic mass is 32.1. The first-order chi connectivity index (χ1) is 18.4. The first kappa shape index (κ1) is 24.5. The third-order valence-corrected chi connectivity index (χ3v) is 9.01. The van der Waals surface area contributed by atoms with Gasteiger partial charge < -0.3 is 14.6 Å². The van der Waals surface area contributed by atoms with Crippen molar-refractivity contribution in [1.82, 2.24) is 14.0 Å². The summed E-state index contributed by atoms with van der Waals surface area (Å²) < 4.78 is 8.31. The Labute approximate surface area is 222 Å². The molecule has 1 amide bonds. The smallest absolute Gasteiger partial charge is 0.341 e. The quantitative estimate of drug-likeness (QED) is 0.296. The molecule has 10 heteroatoms. The van der Waals surface area contributed by atoms with Crippen LogP contribution in [-0.4, -0.2) is 32.9 Å². The summed E-state index contributed by atoms with van der Waals surface area (Å²) in [5.41, 5.74) is 3.00. The molecule has 0 unspecified atom stereocenters. The maximum atomic E-state index is 13.7. The summed E-state index contributed by atoms with van der Waals surface area (Å²) in [5.74, 6) is -1.00. The van der Waals surface area contributed by atoms with Gasteiger partial charge in [-0.3, -0.25) is 19.4 Å². The van der Waals surface area contributed by atoms with Gasteiger partial charge in [0.15, 0.2) is 0 Å². The molecule has 2 aliphatic carbocycles. The Hall–Kier alpha value is -3.79. The second-order valence-corrected chi connectivity index (χ2v) is 11.2. The highest BCUT2D eigenvalue weighted by molar-refractivity contribution is 7.17. The zero-order valence-electron chi connectivity index (χ0n) is 21.4. The number of aromatic nitrogens is 3. The van der Waals surface area contributed by atoms with Crippen LogP contribution in [0.4, 0.5) is 5.00 Å². The molecule has 9 nitrogen and oxygen atoms in total. The molecule has 4 aromatic rings. The molecule has 0 atom stereocenters. The van der Waals surface area contributed by atoms with Crippen molar-refractivity contribution in [2.45, 2.75) is 64.3 Å². The predicted molar refractivity (Wildman–Crippen MR) is 145 cm³/mol. The van der Waals surface area contributed by atoms with Crippen LogP contribution in [0.3, 0.4) is 0 Å². The first-order valence-electron chi connectivity index (χ1n) is 13.0. The molecule has 38 heavy (non-hydrogen) atoms. The fraction of sp³-hybridized carbons (Fsp3) is 0.393. The molecular weight excluding hydrogens is 502 g/mol. The Kier molecular flexibility index (Phi) is 6.14. The van der Waals surface area contributed by atoms with Crippen LogP contribution in [-0.2, 0) is 17.6 Å². The number of anilines is 1. The van der Waals surface area contributed by atoms with E-state index in [0.717, 1.165) is 67.4 Å². The summed E-state index contributed by atoms with van der Waals surface area (Å²) in [6.07, 6.45) is 9.06. The number of esters is 1. The van der Waals surface area contributed by atoms with Crippen LogP contribution < -0.4 is 16.4 Å². The molecule has 0 aromatic carbocycles. The van der Waals surface area contributed by atoms with Crippen molar-refractivity contribution in [3.05, 3.63) is 67.4 Å². The minimum atomic E-state index is -0.527. The van der Waals surface area contributed by atoms with E-state index in [1.165, 1.54) is 28.9 Å². The molecule has 1 saturated carbocycles. The zero-order chi connectivity index (χ0) is 26.6. The zero-order valence-corrected chi connectivity index (χ0v) is 22.2. The lowest BCUT2D eigenvalue weighted by Crippen LogP contribution is -2.34. The van der Waals surface area contributed by atoms with Gasteiger partial charge >= 0.3 is 5.97 Å². The minimum absolute atomic E-state index is 0.0178. The maximum Gasteiger partial charge on any atom is 0.341 e. The number of fused-ring (bicyclic) bond motifs is 3. The first-order valence-corrected chi connectivity index (χ1v) is 13.9. The highest BCUT2D eigenvalue weighted by Crippen LogP contribution is 2.39. The second-order valence-electron chi connectivity index (χ2n) is 10.1. The van der Waals surface area contributed by atoms with Gasteiger partial charge in [0, 0.05) is 17.1 Å². The van der Waals surface area contributed by atoms with Crippen molar-refractivity contribution in [2.24, 2.45) is 0 Å². The molecule has 4 aromatic heterocycles. The number of carbonyl (C=O) groups excluding carboxylic acids is 2. The van der Waals surface area contributed by atoms with Gasteiger partial charge in [-0.15, -0.1) is 11.3 Å². The van der Waals surface area contributed by atoms with E-state index in [0.29, 0.717) is 27.2 Å². The maximum absolute atomic E-state index is 13.7. The van der Waals surface area contributed by atoms with Crippen LogP contribution in [0.25, 0.3) is 16.7 Å². The molecule has 0 saturated heterocycles. The van der Waals surface area contributed by atoms with E-state index in [9.17, 15) is 14.4 Å². The van der Waals surface area contributed by atoms with Gasteiger partial charge in [-0.05, 0) is 68.7 Å². The van der Waals surface area contributed by atoms with E-state index in [2.05, 4.69) is 5.32 Å². The standard InChI is InChI=1S/C28H29N5O4S/c1-15-8-7-13-32-23(15)30-24-19(27(32)35)14-18(22(29)33(24)16-9-3-4-10-16)25(34)31-26-21(28(36)37-2)17-11-5-6-12-20(17)38-26/h7-8,13-14,16,29H,3-6,9-12H2,1-2H3,(H,31,34). The molecule has 1 fully saturated rings. The van der Waals surface area contributed by atoms with Gasteiger partial charge in [0.2, 0.25) is 0 Å². The Morgan fingerprint density at radius 3 is 2.68 bits per heavy atom. The molecule has 0 bridgehead atoms. The molecule has 0 radical (unpaired) electrons. The lowest BCUT2D eigenvalue weighted by atomic mass is 9.95. The van der Waals surface area contributed by atoms with E-state index in [1.807, 2.05) is 13.0 Å². The summed E-state index contributed by atoms with van der Waals surface area (Å²) in [5, 5.41) is 12.7. The monoisotopic (exact) mass is 531 g/mol. The largest absolute Gasteiger partial charge is 0.465 e. The molecule has 2 aliphatic rings. The van der Waals surface area contributed by atoms with Crippen LogP contribution >= 0.6 is 11.3 Å². The molecule has 4 heterocycles. The third kappa shape index (κ3) is 3.86. The number of thiophene rings is 1. The summed E-state index contributed by atoms with van der Waals surface area (Å²) in [7, 11) is 1.34. The van der Waals surface area contributed by atoms with E-state index < -0.39 is 11.9 Å². The number of rotatable bonds is 4. The van der Waals surface area contributed by atoms with Crippen molar-refractivity contribution in [3.8, 4) is 0 Å². The lowest BCUT2D eigenvalue weighted by molar-refractivity contribution is 0.0601. The molecule has 196 valence electrons. The minimum Gasteiger partial charge on any atom is -0.465 e. The number of ether oxygens (including phenoxy) is 1. The second kappa shape index (κ2) is 9.50. The van der Waals surface area contributed by atoms with Crippen molar-refractivity contribution in [1.29, 1.82) is 5.41 Å². The predicted octanol–water partition coefficient (Wildman–Crippen LogP) is 4.53. The van der Waals surface area contributed by atoms with E-state index in [1.54, 1.807) is 16.8 Å². The van der Waals surface area contributed by atoms with Gasteiger partial charge in [-0.25, -0.2) is 9.78 Å². The Balaban J connectivity index is 1.54. The van der Waals surface area contributed by atoms with Crippen LogP contribution in [0, 0.1) is 12.3 Å². The molecule has 2 N–H and O–H groups in total. The number of methoxy groups -OCH3 is 1. The summed E-state index contributed by atoms with van der Waals surface area (Å²) in [6, 6.07) is 5.15. The van der Waals surface area contributed by atoms with Gasteiger partial charge in [0.1, 0.15) is 21.8 Å². The normalized spacial score (nSPS) is 15.6. The van der Waals surface area contributed by atoms with Crippen molar-refractivity contribution in [2.75, 3.05) is 12.4 Å². The summed E-state index contributed by atoms with van der Waals surface area (Å²) in [6.45, 7) is 1.90. The summed E-state index contributed by atoms with van der Waals surface area (Å²) >= 11 is 1.40. The molecule has 0 aliphatic heterocycles. The average molecular weight is 532 g/mol. The number of hydrogen-bond acceptors (Lipinski definition) is 7. The van der Waals surface area contributed by atoms with Gasteiger partial charge in [-0.1, -0.05) is 18.9 Å². The number of carbonyl (C=O) groups is 2. The van der Waals surface area contributed by atoms with Crippen LogP contribution in [0.5, 0.6) is 0 Å². The van der Waals surface area contributed by atoms with E-state index in [-0.39, 0.29) is 22.7 Å². The Morgan fingerprint density at radius 1 is 1.16 bits per heavy atom. The SMILES string of the molecule is COC(=O)c1c(NC(=O)c2cc3c(=O)n4cccc(C)c4nc3n(C3CCCC3)c2=N)sc2c1CCCC2. The van der Waals surface area contributed by atoms with Gasteiger partial charge in [0.05, 0.1) is 23.6 Å². The fourth-order valence-corrected chi connectivity index (χ4v) is 7.16. The van der Waals surface area contributed by atoms with E-state index in [4.69, 9.17) is 15.1 Å². The van der Waals surface area contributed by atoms with Crippen LogP contribution in [0.2, 0.25) is 0 Å². The number of nitrogens with one attached hydrogen (secondary N) is 2. The number of pyridine rings is 2.